The largest absolute Gasteiger partial charge is 0.484 e. The van der Waals surface area contributed by atoms with Gasteiger partial charge in [0.15, 0.2) is 6.61 Å². The van der Waals surface area contributed by atoms with Crippen molar-refractivity contribution in [1.29, 1.82) is 0 Å². The van der Waals surface area contributed by atoms with Crippen LogP contribution in [0.15, 0.2) is 24.3 Å². The number of aromatic nitrogens is 2. The molecule has 0 aliphatic carbocycles. The van der Waals surface area contributed by atoms with Crippen molar-refractivity contribution in [1.82, 2.24) is 9.78 Å². The van der Waals surface area contributed by atoms with Crippen LogP contribution in [-0.2, 0) is 22.6 Å². The molecule has 3 N–H and O–H groups in total. The topological polar surface area (TPSA) is 99.2 Å². The highest BCUT2D eigenvalue weighted by atomic mass is 16.5. The Bertz CT molecular complexity index is 794. The Morgan fingerprint density at radius 1 is 1.22 bits per heavy atom. The molecule has 1 aromatic carbocycles. The van der Waals surface area contributed by atoms with Crippen LogP contribution < -0.4 is 15.8 Å². The Labute approximate surface area is 159 Å². The lowest BCUT2D eigenvalue weighted by molar-refractivity contribution is -0.120. The number of ether oxygens (including phenoxy) is 1. The smallest absolute Gasteiger partial charge is 0.255 e. The van der Waals surface area contributed by atoms with Crippen LogP contribution in [0.1, 0.15) is 37.2 Å². The lowest BCUT2D eigenvalue weighted by Gasteiger charge is -2.09. The van der Waals surface area contributed by atoms with Crippen molar-refractivity contribution in [3.8, 4) is 5.75 Å². The molecule has 0 bridgehead atoms. The van der Waals surface area contributed by atoms with Gasteiger partial charge in [-0.05, 0) is 56.0 Å². The predicted molar refractivity (Wildman–Crippen MR) is 105 cm³/mol. The van der Waals surface area contributed by atoms with Crippen molar-refractivity contribution in [2.45, 2.75) is 47.1 Å². The van der Waals surface area contributed by atoms with Gasteiger partial charge in [-0.1, -0.05) is 13.8 Å². The Hall–Kier alpha value is -2.83. The van der Waals surface area contributed by atoms with Gasteiger partial charge in [-0.2, -0.15) is 5.10 Å². The number of nitrogens with zero attached hydrogens (tertiary/aromatic N) is 2. The molecule has 0 saturated carbocycles. The van der Waals surface area contributed by atoms with Gasteiger partial charge in [0.05, 0.1) is 5.69 Å². The lowest BCUT2D eigenvalue weighted by atomic mass is 10.1. The van der Waals surface area contributed by atoms with Gasteiger partial charge in [0.25, 0.3) is 5.91 Å². The lowest BCUT2D eigenvalue weighted by Crippen LogP contribution is -2.20. The second-order valence-electron chi connectivity index (χ2n) is 7.05. The molecule has 0 aliphatic rings. The maximum absolute atomic E-state index is 12.3. The van der Waals surface area contributed by atoms with E-state index in [-0.39, 0.29) is 12.5 Å². The Balaban J connectivity index is 1.89. The molecule has 0 aliphatic heterocycles. The van der Waals surface area contributed by atoms with E-state index < -0.39 is 5.91 Å². The van der Waals surface area contributed by atoms with Crippen molar-refractivity contribution in [3.05, 3.63) is 41.2 Å². The van der Waals surface area contributed by atoms with Gasteiger partial charge in [0, 0.05) is 24.3 Å². The average molecular weight is 372 g/mol. The van der Waals surface area contributed by atoms with Crippen LogP contribution in [0.2, 0.25) is 0 Å². The third-order valence-electron chi connectivity index (χ3n) is 4.19. The number of anilines is 1. The maximum atomic E-state index is 12.3. The van der Waals surface area contributed by atoms with Crippen molar-refractivity contribution in [2.24, 2.45) is 11.7 Å². The van der Waals surface area contributed by atoms with E-state index in [2.05, 4.69) is 31.2 Å². The van der Waals surface area contributed by atoms with Gasteiger partial charge in [-0.3, -0.25) is 14.3 Å². The van der Waals surface area contributed by atoms with Crippen LogP contribution in [0.3, 0.4) is 0 Å². The molecule has 0 atom stereocenters. The predicted octanol–water partition coefficient (Wildman–Crippen LogP) is 2.59. The summed E-state index contributed by atoms with van der Waals surface area (Å²) in [5.74, 6) is 0.454. The SMILES string of the molecule is Cc1nn(CC(C)C)c(C)c1CCC(=O)Nc1ccc(OCC(N)=O)cc1. The summed E-state index contributed by atoms with van der Waals surface area (Å²) in [5.41, 5.74) is 8.97. The number of primary amides is 1. The molecule has 146 valence electrons. The van der Waals surface area contributed by atoms with Crippen molar-refractivity contribution in [3.63, 3.8) is 0 Å². The summed E-state index contributed by atoms with van der Waals surface area (Å²) in [6.07, 6.45) is 1.04. The average Bonchev–Trinajstić information content (AvgIpc) is 2.85. The molecule has 27 heavy (non-hydrogen) atoms. The van der Waals surface area contributed by atoms with E-state index in [1.165, 1.54) is 0 Å². The molecule has 7 nitrogen and oxygen atoms in total. The summed E-state index contributed by atoms with van der Waals surface area (Å²) in [5, 5.41) is 7.46. The first kappa shape index (κ1) is 20.5. The third-order valence-corrected chi connectivity index (χ3v) is 4.19. The Morgan fingerprint density at radius 2 is 1.89 bits per heavy atom. The van der Waals surface area contributed by atoms with Crippen LogP contribution in [-0.4, -0.2) is 28.2 Å². The molecular weight excluding hydrogens is 344 g/mol. The molecule has 1 aromatic heterocycles. The van der Waals surface area contributed by atoms with Crippen LogP contribution in [0.25, 0.3) is 0 Å². The highest BCUT2D eigenvalue weighted by Crippen LogP contribution is 2.18. The number of carbonyl (C=O) groups excluding carboxylic acids is 2. The number of carbonyl (C=O) groups is 2. The number of hydrogen-bond donors (Lipinski definition) is 2. The minimum absolute atomic E-state index is 0.0591. The van der Waals surface area contributed by atoms with E-state index in [0.717, 1.165) is 23.5 Å². The molecule has 7 heteroatoms. The Kier molecular flexibility index (Phi) is 6.98. The quantitative estimate of drug-likeness (QED) is 0.707. The summed E-state index contributed by atoms with van der Waals surface area (Å²) < 4.78 is 7.22. The summed E-state index contributed by atoms with van der Waals surface area (Å²) in [6, 6.07) is 6.82. The number of benzene rings is 1. The molecule has 1 heterocycles. The zero-order chi connectivity index (χ0) is 20.0. The Morgan fingerprint density at radius 3 is 2.48 bits per heavy atom. The second-order valence-corrected chi connectivity index (χ2v) is 7.05. The first-order chi connectivity index (χ1) is 12.8. The normalized spacial score (nSPS) is 10.9. The van der Waals surface area contributed by atoms with Gasteiger partial charge in [-0.25, -0.2) is 0 Å². The molecular formula is C20H28N4O3. The van der Waals surface area contributed by atoms with E-state index in [1.807, 2.05) is 11.6 Å². The minimum Gasteiger partial charge on any atom is -0.484 e. The summed E-state index contributed by atoms with van der Waals surface area (Å²) in [7, 11) is 0. The number of amides is 2. The van der Waals surface area contributed by atoms with Gasteiger partial charge in [0.2, 0.25) is 5.91 Å². The van der Waals surface area contributed by atoms with Crippen LogP contribution >= 0.6 is 0 Å². The molecule has 0 fully saturated rings. The van der Waals surface area contributed by atoms with Crippen LogP contribution in [0.5, 0.6) is 5.75 Å². The number of aryl methyl sites for hydroxylation is 1. The number of nitrogens with one attached hydrogen (secondary N) is 1. The molecule has 0 spiro atoms. The fraction of sp³-hybridized carbons (Fsp3) is 0.450. The van der Waals surface area contributed by atoms with Gasteiger partial charge in [0.1, 0.15) is 5.75 Å². The standard InChI is InChI=1S/C20H28N4O3/c1-13(2)11-24-15(4)18(14(3)23-24)9-10-20(26)22-16-5-7-17(8-6-16)27-12-19(21)25/h5-8,13H,9-12H2,1-4H3,(H2,21,25)(H,22,26). The van der Waals surface area contributed by atoms with Crippen LogP contribution in [0, 0.1) is 19.8 Å². The van der Waals surface area contributed by atoms with Crippen molar-refractivity contribution < 1.29 is 14.3 Å². The fourth-order valence-corrected chi connectivity index (χ4v) is 2.87. The van der Waals surface area contributed by atoms with Crippen LogP contribution in [0.4, 0.5) is 5.69 Å². The highest BCUT2D eigenvalue weighted by Gasteiger charge is 2.14. The fourth-order valence-electron chi connectivity index (χ4n) is 2.87. The van der Waals surface area contributed by atoms with E-state index in [9.17, 15) is 9.59 Å². The third kappa shape index (κ3) is 6.13. The molecule has 2 amide bonds. The zero-order valence-electron chi connectivity index (χ0n) is 16.4. The molecule has 0 unspecified atom stereocenters. The molecule has 0 saturated heterocycles. The monoisotopic (exact) mass is 372 g/mol. The van der Waals surface area contributed by atoms with Gasteiger partial charge >= 0.3 is 0 Å². The second kappa shape index (κ2) is 9.21. The summed E-state index contributed by atoms with van der Waals surface area (Å²) in [6.45, 7) is 9.07. The van der Waals surface area contributed by atoms with Gasteiger partial charge in [-0.15, -0.1) is 0 Å². The van der Waals surface area contributed by atoms with E-state index in [1.54, 1.807) is 24.3 Å². The number of rotatable bonds is 9. The van der Waals surface area contributed by atoms with Crippen molar-refractivity contribution >= 4 is 17.5 Å². The number of nitrogens with two attached hydrogens (primary N) is 1. The van der Waals surface area contributed by atoms with E-state index in [0.29, 0.717) is 30.2 Å². The maximum Gasteiger partial charge on any atom is 0.255 e. The van der Waals surface area contributed by atoms with E-state index in [4.69, 9.17) is 10.5 Å². The molecule has 2 rings (SSSR count). The summed E-state index contributed by atoms with van der Waals surface area (Å²) in [4.78, 5) is 23.0. The zero-order valence-corrected chi connectivity index (χ0v) is 16.4. The minimum atomic E-state index is -0.533. The van der Waals surface area contributed by atoms with E-state index >= 15 is 0 Å². The summed E-state index contributed by atoms with van der Waals surface area (Å²) >= 11 is 0. The highest BCUT2D eigenvalue weighted by molar-refractivity contribution is 5.90. The molecule has 0 radical (unpaired) electrons. The first-order valence-corrected chi connectivity index (χ1v) is 9.10. The number of hydrogen-bond acceptors (Lipinski definition) is 4. The van der Waals surface area contributed by atoms with Gasteiger partial charge < -0.3 is 15.8 Å². The van der Waals surface area contributed by atoms with Crippen molar-refractivity contribution in [2.75, 3.05) is 11.9 Å². The first-order valence-electron chi connectivity index (χ1n) is 9.10. The molecule has 2 aromatic rings.